The van der Waals surface area contributed by atoms with Crippen molar-refractivity contribution >= 4 is 6.09 Å². The van der Waals surface area contributed by atoms with E-state index in [1.54, 1.807) is 26.8 Å². The molecule has 1 N–H and O–H groups in total. The minimum absolute atomic E-state index is 0.0957. The zero-order valence-electron chi connectivity index (χ0n) is 13.9. The second-order valence-corrected chi connectivity index (χ2v) is 6.18. The number of alkyl carbamates (subject to hydrolysis) is 1. The monoisotopic (exact) mass is 354 g/mol. The highest BCUT2D eigenvalue weighted by atomic mass is 19.4. The number of hydrogen-bond acceptors (Lipinski definition) is 5. The molecule has 0 aliphatic heterocycles. The zero-order valence-corrected chi connectivity index (χ0v) is 13.9. The maximum Gasteiger partial charge on any atom is 0.433 e. The topological polar surface area (TPSA) is 77.0 Å². The third-order valence-electron chi connectivity index (χ3n) is 2.89. The van der Waals surface area contributed by atoms with Gasteiger partial charge in [0.05, 0.1) is 17.9 Å². The van der Waals surface area contributed by atoms with Gasteiger partial charge in [0, 0.05) is 11.8 Å². The van der Waals surface area contributed by atoms with Gasteiger partial charge >= 0.3 is 12.3 Å². The standard InChI is InChI=1S/C16H17F3N4O2/c1-15(2,3)25-14(24)21-8-11-6-12(23-9-22-11)10-4-5-13(20-7-10)16(17,18)19/h4-7,9H,8H2,1-3H3,(H,21,24). The van der Waals surface area contributed by atoms with Crippen molar-refractivity contribution in [3.05, 3.63) is 42.1 Å². The molecular weight excluding hydrogens is 337 g/mol. The van der Waals surface area contributed by atoms with E-state index in [2.05, 4.69) is 20.3 Å². The number of alkyl halides is 3. The van der Waals surface area contributed by atoms with E-state index in [9.17, 15) is 18.0 Å². The molecule has 25 heavy (non-hydrogen) atoms. The number of ether oxygens (including phenoxy) is 1. The molecule has 0 radical (unpaired) electrons. The second kappa shape index (κ2) is 7.04. The summed E-state index contributed by atoms with van der Waals surface area (Å²) >= 11 is 0. The van der Waals surface area contributed by atoms with E-state index < -0.39 is 23.6 Å². The Hall–Kier alpha value is -2.71. The largest absolute Gasteiger partial charge is 0.444 e. The summed E-state index contributed by atoms with van der Waals surface area (Å²) in [5.74, 6) is 0. The Bertz CT molecular complexity index is 740. The van der Waals surface area contributed by atoms with Crippen molar-refractivity contribution < 1.29 is 22.7 Å². The van der Waals surface area contributed by atoms with Gasteiger partial charge in [-0.1, -0.05) is 0 Å². The van der Waals surface area contributed by atoms with E-state index in [-0.39, 0.29) is 6.54 Å². The van der Waals surface area contributed by atoms with Crippen molar-refractivity contribution in [2.75, 3.05) is 0 Å². The van der Waals surface area contributed by atoms with Crippen molar-refractivity contribution in [1.82, 2.24) is 20.3 Å². The average Bonchev–Trinajstić information content (AvgIpc) is 2.51. The van der Waals surface area contributed by atoms with Gasteiger partial charge in [-0.05, 0) is 39.0 Å². The zero-order chi connectivity index (χ0) is 18.7. The third-order valence-corrected chi connectivity index (χ3v) is 2.89. The highest BCUT2D eigenvalue weighted by molar-refractivity contribution is 5.67. The van der Waals surface area contributed by atoms with E-state index in [1.807, 2.05) is 0 Å². The van der Waals surface area contributed by atoms with Crippen molar-refractivity contribution in [2.24, 2.45) is 0 Å². The normalized spacial score (nSPS) is 11.9. The lowest BCUT2D eigenvalue weighted by Gasteiger charge is -2.19. The van der Waals surface area contributed by atoms with Crippen molar-refractivity contribution in [2.45, 2.75) is 39.1 Å². The molecule has 134 valence electrons. The van der Waals surface area contributed by atoms with Crippen LogP contribution in [0.2, 0.25) is 0 Å². The molecule has 0 unspecified atom stereocenters. The highest BCUT2D eigenvalue weighted by Crippen LogP contribution is 2.28. The molecule has 2 rings (SSSR count). The van der Waals surface area contributed by atoms with Gasteiger partial charge in [0.25, 0.3) is 0 Å². The Labute approximate surface area is 142 Å². The second-order valence-electron chi connectivity index (χ2n) is 6.18. The van der Waals surface area contributed by atoms with Crippen LogP contribution in [-0.4, -0.2) is 26.6 Å². The van der Waals surface area contributed by atoms with Gasteiger partial charge < -0.3 is 10.1 Å². The SMILES string of the molecule is CC(C)(C)OC(=O)NCc1cc(-c2ccc(C(F)(F)F)nc2)ncn1. The maximum absolute atomic E-state index is 12.5. The summed E-state index contributed by atoms with van der Waals surface area (Å²) in [6.07, 6.45) is -2.73. The lowest BCUT2D eigenvalue weighted by atomic mass is 10.1. The molecule has 9 heteroatoms. The fourth-order valence-electron chi connectivity index (χ4n) is 1.84. The first-order valence-electron chi connectivity index (χ1n) is 7.36. The molecule has 0 aromatic carbocycles. The van der Waals surface area contributed by atoms with E-state index >= 15 is 0 Å². The van der Waals surface area contributed by atoms with Gasteiger partial charge in [-0.15, -0.1) is 0 Å². The van der Waals surface area contributed by atoms with Gasteiger partial charge in [-0.2, -0.15) is 13.2 Å². The molecule has 6 nitrogen and oxygen atoms in total. The van der Waals surface area contributed by atoms with Gasteiger partial charge in [-0.3, -0.25) is 4.98 Å². The molecule has 2 heterocycles. The molecule has 0 fully saturated rings. The van der Waals surface area contributed by atoms with Crippen LogP contribution in [0.3, 0.4) is 0 Å². The van der Waals surface area contributed by atoms with E-state index in [1.165, 1.54) is 12.4 Å². The predicted octanol–water partition coefficient (Wildman–Crippen LogP) is 3.58. The number of carbonyl (C=O) groups excluding carboxylic acids is 1. The predicted molar refractivity (Wildman–Crippen MR) is 83.3 cm³/mol. The molecule has 2 aromatic heterocycles. The number of nitrogens with one attached hydrogen (secondary N) is 1. The summed E-state index contributed by atoms with van der Waals surface area (Å²) in [5, 5.41) is 2.55. The molecule has 2 aromatic rings. The minimum Gasteiger partial charge on any atom is -0.444 e. The van der Waals surface area contributed by atoms with Crippen LogP contribution < -0.4 is 5.32 Å². The van der Waals surface area contributed by atoms with Crippen LogP contribution in [0.4, 0.5) is 18.0 Å². The van der Waals surface area contributed by atoms with Crippen LogP contribution in [0, 0.1) is 0 Å². The molecular formula is C16H17F3N4O2. The molecule has 0 atom stereocenters. The number of rotatable bonds is 3. The van der Waals surface area contributed by atoms with Crippen LogP contribution in [-0.2, 0) is 17.5 Å². The van der Waals surface area contributed by atoms with E-state index in [0.29, 0.717) is 17.0 Å². The van der Waals surface area contributed by atoms with Gasteiger partial charge in [0.1, 0.15) is 17.6 Å². The number of nitrogens with zero attached hydrogens (tertiary/aromatic N) is 3. The molecule has 0 bridgehead atoms. The fraction of sp³-hybridized carbons (Fsp3) is 0.375. The molecule has 0 aliphatic rings. The number of amides is 1. The van der Waals surface area contributed by atoms with Crippen LogP contribution >= 0.6 is 0 Å². The van der Waals surface area contributed by atoms with Crippen molar-refractivity contribution in [3.63, 3.8) is 0 Å². The number of hydrogen-bond donors (Lipinski definition) is 1. The van der Waals surface area contributed by atoms with Gasteiger partial charge in [-0.25, -0.2) is 14.8 Å². The van der Waals surface area contributed by atoms with Crippen LogP contribution in [0.1, 0.15) is 32.2 Å². The number of pyridine rings is 1. The number of carbonyl (C=O) groups is 1. The summed E-state index contributed by atoms with van der Waals surface area (Å²) in [5.41, 5.74) is -0.300. The minimum atomic E-state index is -4.49. The molecule has 0 saturated heterocycles. The summed E-state index contributed by atoms with van der Waals surface area (Å²) < 4.78 is 42.7. The Morgan fingerprint density at radius 3 is 2.44 bits per heavy atom. The summed E-state index contributed by atoms with van der Waals surface area (Å²) in [4.78, 5) is 23.0. The average molecular weight is 354 g/mol. The Morgan fingerprint density at radius 1 is 1.16 bits per heavy atom. The van der Waals surface area contributed by atoms with Crippen molar-refractivity contribution in [1.29, 1.82) is 0 Å². The van der Waals surface area contributed by atoms with Gasteiger partial charge in [0.15, 0.2) is 0 Å². The van der Waals surface area contributed by atoms with Crippen molar-refractivity contribution in [3.8, 4) is 11.3 Å². The highest BCUT2D eigenvalue weighted by Gasteiger charge is 2.32. The maximum atomic E-state index is 12.5. The van der Waals surface area contributed by atoms with Crippen LogP contribution in [0.5, 0.6) is 0 Å². The van der Waals surface area contributed by atoms with E-state index in [0.717, 1.165) is 12.3 Å². The first-order chi connectivity index (χ1) is 11.5. The summed E-state index contributed by atoms with van der Waals surface area (Å²) in [6.45, 7) is 5.32. The molecule has 0 spiro atoms. The fourth-order valence-corrected chi connectivity index (χ4v) is 1.84. The summed E-state index contributed by atoms with van der Waals surface area (Å²) in [7, 11) is 0. The quantitative estimate of drug-likeness (QED) is 0.912. The Kier molecular flexibility index (Phi) is 5.24. The summed E-state index contributed by atoms with van der Waals surface area (Å²) in [6, 6.07) is 3.72. The Morgan fingerprint density at radius 2 is 1.88 bits per heavy atom. The molecule has 0 saturated carbocycles. The lowest BCUT2D eigenvalue weighted by molar-refractivity contribution is -0.141. The molecule has 1 amide bonds. The Balaban J connectivity index is 2.07. The van der Waals surface area contributed by atoms with E-state index in [4.69, 9.17) is 4.74 Å². The third kappa shape index (κ3) is 5.70. The van der Waals surface area contributed by atoms with Crippen LogP contribution in [0.15, 0.2) is 30.7 Å². The smallest absolute Gasteiger partial charge is 0.433 e. The first kappa shape index (κ1) is 18.6. The first-order valence-corrected chi connectivity index (χ1v) is 7.36. The lowest BCUT2D eigenvalue weighted by Crippen LogP contribution is -2.32. The number of halogens is 3. The molecule has 0 aliphatic carbocycles. The van der Waals surface area contributed by atoms with Gasteiger partial charge in [0.2, 0.25) is 0 Å². The van der Waals surface area contributed by atoms with Crippen LogP contribution in [0.25, 0.3) is 11.3 Å². The number of aromatic nitrogens is 3.